The fourth-order valence-electron chi connectivity index (χ4n) is 4.49. The summed E-state index contributed by atoms with van der Waals surface area (Å²) in [5.74, 6) is 0.129. The third-order valence-corrected chi connectivity index (χ3v) is 5.86. The van der Waals surface area contributed by atoms with E-state index in [-0.39, 0.29) is 12.0 Å². The summed E-state index contributed by atoms with van der Waals surface area (Å²) < 4.78 is 2.12. The van der Waals surface area contributed by atoms with Gasteiger partial charge in [0, 0.05) is 49.7 Å². The van der Waals surface area contributed by atoms with E-state index in [2.05, 4.69) is 28.5 Å². The molecule has 4 rings (SSSR count). The van der Waals surface area contributed by atoms with Gasteiger partial charge in [-0.25, -0.2) is 0 Å². The third kappa shape index (κ3) is 2.96. The Kier molecular flexibility index (Phi) is 4.52. The van der Waals surface area contributed by atoms with Gasteiger partial charge in [-0.3, -0.25) is 9.69 Å². The molecule has 1 saturated carbocycles. The molecule has 5 heteroatoms. The molecule has 0 spiro atoms. The molecule has 2 fully saturated rings. The Morgan fingerprint density at radius 1 is 1.16 bits per heavy atom. The average Bonchev–Trinajstić information content (AvgIpc) is 3.24. The van der Waals surface area contributed by atoms with E-state index in [0.717, 1.165) is 68.6 Å². The zero-order valence-corrected chi connectivity index (χ0v) is 14.9. The van der Waals surface area contributed by atoms with Crippen LogP contribution < -0.4 is 0 Å². The van der Waals surface area contributed by atoms with Gasteiger partial charge in [0.05, 0.1) is 6.10 Å². The number of nitrogens with zero attached hydrogens (tertiary/aromatic N) is 3. The van der Waals surface area contributed by atoms with Crippen molar-refractivity contribution in [2.75, 3.05) is 26.2 Å². The molecule has 2 atom stereocenters. The van der Waals surface area contributed by atoms with Crippen molar-refractivity contribution in [2.24, 2.45) is 0 Å². The number of benzene rings is 1. The molecule has 0 bridgehead atoms. The van der Waals surface area contributed by atoms with Crippen LogP contribution in [0.5, 0.6) is 0 Å². The molecule has 5 nitrogen and oxygen atoms in total. The summed E-state index contributed by atoms with van der Waals surface area (Å²) >= 11 is 0. The van der Waals surface area contributed by atoms with Crippen LogP contribution in [0.1, 0.15) is 36.7 Å². The van der Waals surface area contributed by atoms with E-state index >= 15 is 0 Å². The summed E-state index contributed by atoms with van der Waals surface area (Å²) in [6.45, 7) is 6.09. The number of carbonyl (C=O) groups is 1. The number of hydrogen-bond acceptors (Lipinski definition) is 3. The summed E-state index contributed by atoms with van der Waals surface area (Å²) in [6.07, 6.45) is 2.92. The second kappa shape index (κ2) is 6.81. The predicted molar refractivity (Wildman–Crippen MR) is 98.7 cm³/mol. The highest BCUT2D eigenvalue weighted by Crippen LogP contribution is 2.26. The van der Waals surface area contributed by atoms with E-state index in [9.17, 15) is 9.90 Å². The molecule has 25 heavy (non-hydrogen) atoms. The Balaban J connectivity index is 1.49. The fourth-order valence-corrected chi connectivity index (χ4v) is 4.49. The summed E-state index contributed by atoms with van der Waals surface area (Å²) in [7, 11) is 0. The maximum atomic E-state index is 13.1. The van der Waals surface area contributed by atoms with Gasteiger partial charge in [-0.2, -0.15) is 0 Å². The van der Waals surface area contributed by atoms with Gasteiger partial charge in [-0.15, -0.1) is 0 Å². The lowest BCUT2D eigenvalue weighted by atomic mass is 10.1. The van der Waals surface area contributed by atoms with Crippen molar-refractivity contribution in [1.82, 2.24) is 14.4 Å². The molecule has 1 aliphatic heterocycles. The zero-order valence-electron chi connectivity index (χ0n) is 14.9. The van der Waals surface area contributed by atoms with Crippen LogP contribution in [0.3, 0.4) is 0 Å². The Hall–Kier alpha value is -1.85. The maximum absolute atomic E-state index is 13.1. The van der Waals surface area contributed by atoms with Gasteiger partial charge in [-0.05, 0) is 38.3 Å². The molecule has 0 radical (unpaired) electrons. The van der Waals surface area contributed by atoms with E-state index in [1.165, 1.54) is 0 Å². The molecule has 2 aliphatic rings. The van der Waals surface area contributed by atoms with Crippen molar-refractivity contribution in [2.45, 2.75) is 44.9 Å². The Morgan fingerprint density at radius 3 is 2.60 bits per heavy atom. The van der Waals surface area contributed by atoms with Crippen LogP contribution in [-0.4, -0.2) is 63.7 Å². The molecule has 1 amide bonds. The number of aryl methyl sites for hydroxylation is 1. The number of piperazine rings is 1. The average molecular weight is 341 g/mol. The SMILES string of the molecule is CCn1c(C(=O)N2CCN(C3CCCC3O)CC2)cc2ccccc21. The van der Waals surface area contributed by atoms with E-state index < -0.39 is 0 Å². The van der Waals surface area contributed by atoms with Crippen LogP contribution in [-0.2, 0) is 6.54 Å². The van der Waals surface area contributed by atoms with Crippen molar-refractivity contribution >= 4 is 16.8 Å². The largest absolute Gasteiger partial charge is 0.391 e. The predicted octanol–water partition coefficient (Wildman–Crippen LogP) is 2.33. The minimum atomic E-state index is -0.190. The summed E-state index contributed by atoms with van der Waals surface area (Å²) in [5.41, 5.74) is 1.92. The van der Waals surface area contributed by atoms with Crippen molar-refractivity contribution in [3.63, 3.8) is 0 Å². The summed E-state index contributed by atoms with van der Waals surface area (Å²) in [6, 6.07) is 10.5. The summed E-state index contributed by atoms with van der Waals surface area (Å²) in [5, 5.41) is 11.2. The van der Waals surface area contributed by atoms with Gasteiger partial charge in [0.2, 0.25) is 0 Å². The molecular formula is C20H27N3O2. The number of aromatic nitrogens is 1. The first-order chi connectivity index (χ1) is 12.2. The number of fused-ring (bicyclic) bond motifs is 1. The van der Waals surface area contributed by atoms with E-state index in [1.807, 2.05) is 23.1 Å². The van der Waals surface area contributed by atoms with Gasteiger partial charge in [0.15, 0.2) is 0 Å². The first-order valence-corrected chi connectivity index (χ1v) is 9.48. The Labute approximate surface area is 148 Å². The van der Waals surface area contributed by atoms with E-state index in [4.69, 9.17) is 0 Å². The van der Waals surface area contributed by atoms with Crippen molar-refractivity contribution in [3.05, 3.63) is 36.0 Å². The van der Waals surface area contributed by atoms with Crippen molar-refractivity contribution in [3.8, 4) is 0 Å². The first-order valence-electron chi connectivity index (χ1n) is 9.48. The van der Waals surface area contributed by atoms with Crippen molar-refractivity contribution < 1.29 is 9.90 Å². The summed E-state index contributed by atoms with van der Waals surface area (Å²) in [4.78, 5) is 17.4. The number of rotatable bonds is 3. The number of hydrogen-bond donors (Lipinski definition) is 1. The Morgan fingerprint density at radius 2 is 1.92 bits per heavy atom. The number of carbonyl (C=O) groups excluding carboxylic acids is 1. The standard InChI is InChI=1S/C20H27N3O2/c1-2-23-16-7-4-3-6-15(16)14-18(23)20(25)22-12-10-21(11-13-22)17-8-5-9-19(17)24/h3-4,6-7,14,17,19,24H,2,5,8-13H2,1H3. The lowest BCUT2D eigenvalue weighted by molar-refractivity contribution is 0.0311. The van der Waals surface area contributed by atoms with Gasteiger partial charge in [0.25, 0.3) is 5.91 Å². The molecule has 1 N–H and O–H groups in total. The van der Waals surface area contributed by atoms with E-state index in [0.29, 0.717) is 6.04 Å². The quantitative estimate of drug-likeness (QED) is 0.932. The number of aliphatic hydroxyl groups excluding tert-OH is 1. The normalized spacial score (nSPS) is 25.0. The molecule has 1 aromatic carbocycles. The van der Waals surface area contributed by atoms with Crippen LogP contribution in [0, 0.1) is 0 Å². The molecule has 1 aliphatic carbocycles. The van der Waals surface area contributed by atoms with Gasteiger partial charge >= 0.3 is 0 Å². The molecule has 1 aromatic heterocycles. The molecule has 2 unspecified atom stereocenters. The monoisotopic (exact) mass is 341 g/mol. The molecule has 134 valence electrons. The van der Waals surface area contributed by atoms with Crippen LogP contribution in [0.2, 0.25) is 0 Å². The third-order valence-electron chi connectivity index (χ3n) is 5.86. The maximum Gasteiger partial charge on any atom is 0.270 e. The smallest absolute Gasteiger partial charge is 0.270 e. The topological polar surface area (TPSA) is 48.7 Å². The van der Waals surface area contributed by atoms with Crippen LogP contribution in [0.4, 0.5) is 0 Å². The Bertz CT molecular complexity index is 761. The number of amides is 1. The second-order valence-electron chi connectivity index (χ2n) is 7.23. The minimum Gasteiger partial charge on any atom is -0.391 e. The fraction of sp³-hybridized carbons (Fsp3) is 0.550. The lowest BCUT2D eigenvalue weighted by Crippen LogP contribution is -2.53. The molecular weight excluding hydrogens is 314 g/mol. The minimum absolute atomic E-state index is 0.129. The highest BCUT2D eigenvalue weighted by molar-refractivity contribution is 5.98. The van der Waals surface area contributed by atoms with Gasteiger partial charge in [0.1, 0.15) is 5.69 Å². The lowest BCUT2D eigenvalue weighted by Gasteiger charge is -2.39. The highest BCUT2D eigenvalue weighted by atomic mass is 16.3. The van der Waals surface area contributed by atoms with E-state index in [1.54, 1.807) is 0 Å². The van der Waals surface area contributed by atoms with Crippen LogP contribution in [0.25, 0.3) is 10.9 Å². The molecule has 2 aromatic rings. The molecule has 1 saturated heterocycles. The van der Waals surface area contributed by atoms with Crippen molar-refractivity contribution in [1.29, 1.82) is 0 Å². The number of para-hydroxylation sites is 1. The highest BCUT2D eigenvalue weighted by Gasteiger charge is 2.33. The molecule has 2 heterocycles. The second-order valence-corrected chi connectivity index (χ2v) is 7.23. The first kappa shape index (κ1) is 16.6. The van der Waals surface area contributed by atoms with Gasteiger partial charge < -0.3 is 14.6 Å². The van der Waals surface area contributed by atoms with Gasteiger partial charge in [-0.1, -0.05) is 18.2 Å². The van der Waals surface area contributed by atoms with Crippen LogP contribution in [0.15, 0.2) is 30.3 Å². The zero-order chi connectivity index (χ0) is 17.4. The van der Waals surface area contributed by atoms with Crippen LogP contribution >= 0.6 is 0 Å². The number of aliphatic hydroxyl groups is 1.